The number of amides is 1. The summed E-state index contributed by atoms with van der Waals surface area (Å²) in [7, 11) is 0. The summed E-state index contributed by atoms with van der Waals surface area (Å²) in [6, 6.07) is 13.6. The predicted octanol–water partition coefficient (Wildman–Crippen LogP) is 4.03. The Morgan fingerprint density at radius 1 is 1.14 bits per heavy atom. The number of benzene rings is 2. The lowest BCUT2D eigenvalue weighted by Crippen LogP contribution is -2.14. The average Bonchev–Trinajstić information content (AvgIpc) is 2.49. The molecule has 0 aliphatic carbocycles. The van der Waals surface area contributed by atoms with Crippen LogP contribution in [0, 0.1) is 6.92 Å². The zero-order valence-corrected chi connectivity index (χ0v) is 13.7. The van der Waals surface area contributed by atoms with Crippen molar-refractivity contribution in [3.05, 3.63) is 48.0 Å². The number of carbonyl (C=O) groups excluding carboxylic acids is 1. The number of nitrogens with two attached hydrogens (primary N) is 1. The van der Waals surface area contributed by atoms with Crippen molar-refractivity contribution < 1.29 is 4.79 Å². The largest absolute Gasteiger partial charge is 0.398 e. The maximum Gasteiger partial charge on any atom is 0.234 e. The van der Waals surface area contributed by atoms with Gasteiger partial charge in [-0.25, -0.2) is 0 Å². The van der Waals surface area contributed by atoms with Gasteiger partial charge in [0.15, 0.2) is 0 Å². The zero-order valence-electron chi connectivity index (χ0n) is 12.1. The second kappa shape index (κ2) is 7.43. The number of anilines is 2. The number of para-hydroxylation sites is 1. The van der Waals surface area contributed by atoms with Crippen LogP contribution < -0.4 is 11.1 Å². The number of thioether (sulfide) groups is 2. The molecule has 21 heavy (non-hydrogen) atoms. The molecule has 2 rings (SSSR count). The van der Waals surface area contributed by atoms with Gasteiger partial charge in [0.05, 0.1) is 11.4 Å². The molecule has 0 atom stereocenters. The van der Waals surface area contributed by atoms with Crippen molar-refractivity contribution in [3.8, 4) is 0 Å². The van der Waals surface area contributed by atoms with Crippen LogP contribution in [0.25, 0.3) is 0 Å². The van der Waals surface area contributed by atoms with Crippen molar-refractivity contribution in [1.29, 1.82) is 0 Å². The van der Waals surface area contributed by atoms with Crippen LogP contribution in [-0.2, 0) is 4.79 Å². The van der Waals surface area contributed by atoms with Gasteiger partial charge >= 0.3 is 0 Å². The molecule has 0 aliphatic heterocycles. The average molecular weight is 318 g/mol. The van der Waals surface area contributed by atoms with Crippen LogP contribution in [-0.4, -0.2) is 17.9 Å². The summed E-state index contributed by atoms with van der Waals surface area (Å²) in [4.78, 5) is 14.2. The fourth-order valence-electron chi connectivity index (χ4n) is 1.87. The van der Waals surface area contributed by atoms with Crippen molar-refractivity contribution in [1.82, 2.24) is 0 Å². The van der Waals surface area contributed by atoms with E-state index in [9.17, 15) is 4.79 Å². The van der Waals surface area contributed by atoms with Gasteiger partial charge in [0.1, 0.15) is 0 Å². The second-order valence-corrected chi connectivity index (χ2v) is 6.37. The summed E-state index contributed by atoms with van der Waals surface area (Å²) < 4.78 is 0. The Labute approximate surface area is 133 Å². The zero-order chi connectivity index (χ0) is 15.2. The predicted molar refractivity (Wildman–Crippen MR) is 93.2 cm³/mol. The lowest BCUT2D eigenvalue weighted by molar-refractivity contribution is -0.113. The van der Waals surface area contributed by atoms with Gasteiger partial charge in [-0.1, -0.05) is 18.2 Å². The Morgan fingerprint density at radius 2 is 1.86 bits per heavy atom. The summed E-state index contributed by atoms with van der Waals surface area (Å²) in [6.07, 6.45) is 2.00. The van der Waals surface area contributed by atoms with E-state index in [0.717, 1.165) is 26.7 Å². The van der Waals surface area contributed by atoms with E-state index < -0.39 is 0 Å². The summed E-state index contributed by atoms with van der Waals surface area (Å²) in [5.41, 5.74) is 8.52. The highest BCUT2D eigenvalue weighted by Gasteiger charge is 2.08. The van der Waals surface area contributed by atoms with E-state index in [2.05, 4.69) is 5.32 Å². The van der Waals surface area contributed by atoms with E-state index in [-0.39, 0.29) is 5.91 Å². The normalized spacial score (nSPS) is 10.4. The molecule has 0 saturated carbocycles. The SMILES string of the molecule is CSc1ccccc1NC(=O)CSc1cccc(N)c1C. The number of hydrogen-bond acceptors (Lipinski definition) is 4. The second-order valence-electron chi connectivity index (χ2n) is 4.51. The van der Waals surface area contributed by atoms with E-state index >= 15 is 0 Å². The first-order valence-corrected chi connectivity index (χ1v) is 8.73. The molecule has 110 valence electrons. The monoisotopic (exact) mass is 318 g/mol. The smallest absolute Gasteiger partial charge is 0.234 e. The Hall–Kier alpha value is -1.59. The molecule has 0 saturated heterocycles. The lowest BCUT2D eigenvalue weighted by Gasteiger charge is -2.10. The highest BCUT2D eigenvalue weighted by molar-refractivity contribution is 8.00. The topological polar surface area (TPSA) is 55.1 Å². The molecule has 1 amide bonds. The van der Waals surface area contributed by atoms with Gasteiger partial charge in [0.2, 0.25) is 5.91 Å². The van der Waals surface area contributed by atoms with Crippen molar-refractivity contribution in [2.45, 2.75) is 16.7 Å². The van der Waals surface area contributed by atoms with E-state index in [1.54, 1.807) is 11.8 Å². The molecule has 0 radical (unpaired) electrons. The molecule has 2 aromatic carbocycles. The van der Waals surface area contributed by atoms with Crippen molar-refractivity contribution in [2.24, 2.45) is 0 Å². The van der Waals surface area contributed by atoms with Gasteiger partial charge < -0.3 is 11.1 Å². The van der Waals surface area contributed by atoms with Gasteiger partial charge in [-0.05, 0) is 43.0 Å². The summed E-state index contributed by atoms with van der Waals surface area (Å²) in [6.45, 7) is 1.97. The summed E-state index contributed by atoms with van der Waals surface area (Å²) >= 11 is 3.12. The number of carbonyl (C=O) groups is 1. The highest BCUT2D eigenvalue weighted by Crippen LogP contribution is 2.27. The standard InChI is InChI=1S/C16H18N2OS2/c1-11-12(17)6-5-9-14(11)21-10-16(19)18-13-7-3-4-8-15(13)20-2/h3-9H,10,17H2,1-2H3,(H,18,19). The number of hydrogen-bond donors (Lipinski definition) is 2. The first-order valence-electron chi connectivity index (χ1n) is 6.52. The molecule has 3 N–H and O–H groups in total. The van der Waals surface area contributed by atoms with Crippen LogP contribution in [0.15, 0.2) is 52.3 Å². The molecule has 0 unspecified atom stereocenters. The summed E-state index contributed by atoms with van der Waals surface area (Å²) in [5, 5.41) is 2.95. The first-order chi connectivity index (χ1) is 10.1. The van der Waals surface area contributed by atoms with Crippen molar-refractivity contribution >= 4 is 40.8 Å². The number of nitrogens with one attached hydrogen (secondary N) is 1. The van der Waals surface area contributed by atoms with E-state index in [4.69, 9.17) is 5.73 Å². The maximum absolute atomic E-state index is 12.1. The number of rotatable bonds is 5. The van der Waals surface area contributed by atoms with Crippen LogP contribution in [0.1, 0.15) is 5.56 Å². The molecule has 0 aliphatic rings. The van der Waals surface area contributed by atoms with Gasteiger partial charge in [-0.15, -0.1) is 23.5 Å². The van der Waals surface area contributed by atoms with Gasteiger partial charge in [-0.3, -0.25) is 4.79 Å². The third kappa shape index (κ3) is 4.19. The molecule has 3 nitrogen and oxygen atoms in total. The van der Waals surface area contributed by atoms with Gasteiger partial charge in [0.25, 0.3) is 0 Å². The number of nitrogen functional groups attached to an aromatic ring is 1. The Bertz CT molecular complexity index is 644. The minimum absolute atomic E-state index is 0.0108. The fraction of sp³-hybridized carbons (Fsp3) is 0.188. The molecule has 0 heterocycles. The molecule has 2 aromatic rings. The van der Waals surface area contributed by atoms with Gasteiger partial charge in [0, 0.05) is 15.5 Å². The summed E-state index contributed by atoms with van der Waals surface area (Å²) in [5.74, 6) is 0.357. The van der Waals surface area contributed by atoms with Crippen molar-refractivity contribution in [2.75, 3.05) is 23.1 Å². The highest BCUT2D eigenvalue weighted by atomic mass is 32.2. The Morgan fingerprint density at radius 3 is 2.62 bits per heavy atom. The fourth-order valence-corrected chi connectivity index (χ4v) is 3.29. The Kier molecular flexibility index (Phi) is 5.59. The molecule has 0 spiro atoms. The quantitative estimate of drug-likeness (QED) is 0.645. The van der Waals surface area contributed by atoms with E-state index in [1.807, 2.05) is 55.6 Å². The van der Waals surface area contributed by atoms with Crippen LogP contribution in [0.5, 0.6) is 0 Å². The van der Waals surface area contributed by atoms with Gasteiger partial charge in [-0.2, -0.15) is 0 Å². The third-order valence-corrected chi connectivity index (χ3v) is 5.02. The molecule has 0 fully saturated rings. The van der Waals surface area contributed by atoms with E-state index in [1.165, 1.54) is 11.8 Å². The molecule has 0 bridgehead atoms. The van der Waals surface area contributed by atoms with Crippen LogP contribution in [0.3, 0.4) is 0 Å². The molecule has 0 aromatic heterocycles. The molecule has 5 heteroatoms. The first kappa shape index (κ1) is 15.8. The maximum atomic E-state index is 12.1. The third-order valence-electron chi connectivity index (χ3n) is 3.07. The van der Waals surface area contributed by atoms with Crippen molar-refractivity contribution in [3.63, 3.8) is 0 Å². The van der Waals surface area contributed by atoms with Crippen LogP contribution >= 0.6 is 23.5 Å². The Balaban J connectivity index is 1.98. The lowest BCUT2D eigenvalue weighted by atomic mass is 10.2. The minimum atomic E-state index is -0.0108. The van der Waals surface area contributed by atoms with Crippen LogP contribution in [0.2, 0.25) is 0 Å². The molecular formula is C16H18N2OS2. The van der Waals surface area contributed by atoms with E-state index in [0.29, 0.717) is 5.75 Å². The minimum Gasteiger partial charge on any atom is -0.398 e. The van der Waals surface area contributed by atoms with Crippen LogP contribution in [0.4, 0.5) is 11.4 Å². The molecular weight excluding hydrogens is 300 g/mol.